The maximum atomic E-state index is 13.1. The molecule has 7 nitrogen and oxygen atoms in total. The Morgan fingerprint density at radius 2 is 1.81 bits per heavy atom. The maximum absolute atomic E-state index is 13.1. The molecule has 3 heterocycles. The van der Waals surface area contributed by atoms with Crippen LogP contribution in [0.15, 0.2) is 34.1 Å². The lowest BCUT2D eigenvalue weighted by Gasteiger charge is -2.43. The number of likely N-dealkylation sites (tertiary alicyclic amines) is 1. The summed E-state index contributed by atoms with van der Waals surface area (Å²) in [7, 11) is 0. The molecule has 4 aliphatic rings. The highest BCUT2D eigenvalue weighted by Gasteiger charge is 2.69. The number of nitrogens with one attached hydrogen (secondary N) is 1. The minimum absolute atomic E-state index is 0.00169. The van der Waals surface area contributed by atoms with Crippen molar-refractivity contribution in [1.29, 1.82) is 0 Å². The zero-order chi connectivity index (χ0) is 21.6. The molecule has 1 aromatic carbocycles. The monoisotopic (exact) mass is 456 g/mol. The molecular formula is C22H20N2O5S2. The molecule has 1 aromatic heterocycles. The fourth-order valence-corrected chi connectivity index (χ4v) is 9.41. The summed E-state index contributed by atoms with van der Waals surface area (Å²) in [5.74, 6) is -2.54. The van der Waals surface area contributed by atoms with Crippen molar-refractivity contribution >= 4 is 40.9 Å². The number of aromatic amines is 1. The van der Waals surface area contributed by atoms with Gasteiger partial charge in [0.05, 0.1) is 16.9 Å². The van der Waals surface area contributed by atoms with Crippen molar-refractivity contribution in [3.63, 3.8) is 0 Å². The molecule has 2 aromatic rings. The molecule has 0 spiro atoms. The highest BCUT2D eigenvalue weighted by molar-refractivity contribution is 8.00. The normalized spacial score (nSPS) is 35.3. The van der Waals surface area contributed by atoms with E-state index in [9.17, 15) is 24.3 Å². The summed E-state index contributed by atoms with van der Waals surface area (Å²) in [5, 5.41) is 10.2. The van der Waals surface area contributed by atoms with Crippen molar-refractivity contribution < 1.29 is 19.5 Å². The number of rotatable bonds is 3. The van der Waals surface area contributed by atoms with Crippen LogP contribution in [-0.4, -0.2) is 44.6 Å². The van der Waals surface area contributed by atoms with Gasteiger partial charge in [-0.2, -0.15) is 0 Å². The third-order valence-corrected chi connectivity index (χ3v) is 10.1. The molecule has 3 fully saturated rings. The largest absolute Gasteiger partial charge is 0.480 e. The van der Waals surface area contributed by atoms with Gasteiger partial charge in [0, 0.05) is 16.0 Å². The number of carbonyl (C=O) groups is 3. The van der Waals surface area contributed by atoms with Gasteiger partial charge in [-0.05, 0) is 36.7 Å². The number of aromatic nitrogens is 1. The molecule has 2 N–H and O–H groups in total. The van der Waals surface area contributed by atoms with Crippen molar-refractivity contribution in [2.75, 3.05) is 6.54 Å². The second kappa shape index (κ2) is 6.56. The van der Waals surface area contributed by atoms with E-state index in [2.05, 4.69) is 29.2 Å². The van der Waals surface area contributed by atoms with E-state index in [1.165, 1.54) is 11.3 Å². The fraction of sp³-hybridized carbons (Fsp3) is 0.455. The number of nitrogens with zero attached hydrogens (tertiary/aromatic N) is 1. The number of carboxylic acid groups (broad SMARTS) is 1. The average Bonchev–Trinajstić information content (AvgIpc) is 3.44. The lowest BCUT2D eigenvalue weighted by Crippen LogP contribution is -2.42. The SMILES string of the molecule is Cc1ccc([C@H]2c3sc(=O)[nH]c3S[C@@H]3[C@@H]4C[C@H]([C@H]5C(=O)N(CC(=O)O)C(=O)[C@H]45)[C@H]23)cc1. The number of carboxylic acids is 1. The first kappa shape index (κ1) is 19.3. The van der Waals surface area contributed by atoms with E-state index >= 15 is 0 Å². The minimum atomic E-state index is -1.17. The number of thiazole rings is 1. The van der Waals surface area contributed by atoms with E-state index in [0.29, 0.717) is 0 Å². The second-order valence-corrected chi connectivity index (χ2v) is 11.2. The summed E-state index contributed by atoms with van der Waals surface area (Å²) in [6, 6.07) is 8.33. The number of benzene rings is 1. The summed E-state index contributed by atoms with van der Waals surface area (Å²) in [4.78, 5) is 54.4. The van der Waals surface area contributed by atoms with E-state index in [1.54, 1.807) is 11.8 Å². The Kier molecular flexibility index (Phi) is 4.08. The van der Waals surface area contributed by atoms with Crippen LogP contribution in [0.3, 0.4) is 0 Å². The Morgan fingerprint density at radius 3 is 2.48 bits per heavy atom. The van der Waals surface area contributed by atoms with Gasteiger partial charge in [0.2, 0.25) is 11.8 Å². The second-order valence-electron chi connectivity index (χ2n) is 9.03. The summed E-state index contributed by atoms with van der Waals surface area (Å²) in [5.41, 5.74) is 2.28. The van der Waals surface area contributed by atoms with Gasteiger partial charge in [-0.25, -0.2) is 0 Å². The number of amides is 2. The van der Waals surface area contributed by atoms with Crippen LogP contribution in [0.2, 0.25) is 0 Å². The fourth-order valence-electron chi connectivity index (χ4n) is 6.52. The first-order chi connectivity index (χ1) is 14.8. The number of hydrogen-bond donors (Lipinski definition) is 2. The van der Waals surface area contributed by atoms with Gasteiger partial charge in [0.1, 0.15) is 6.54 Å². The van der Waals surface area contributed by atoms with Gasteiger partial charge >= 0.3 is 10.8 Å². The highest BCUT2D eigenvalue weighted by Crippen LogP contribution is 2.68. The first-order valence-corrected chi connectivity index (χ1v) is 12.1. The van der Waals surface area contributed by atoms with Crippen molar-refractivity contribution in [3.05, 3.63) is 49.9 Å². The summed E-state index contributed by atoms with van der Waals surface area (Å²) >= 11 is 2.87. The topological polar surface area (TPSA) is 108 Å². The Morgan fingerprint density at radius 1 is 1.13 bits per heavy atom. The number of hydrogen-bond acceptors (Lipinski definition) is 6. The molecule has 1 saturated heterocycles. The molecule has 7 atom stereocenters. The minimum Gasteiger partial charge on any atom is -0.480 e. The average molecular weight is 457 g/mol. The number of imide groups is 1. The molecule has 160 valence electrons. The van der Waals surface area contributed by atoms with Gasteiger partial charge in [-0.1, -0.05) is 41.2 Å². The molecular weight excluding hydrogens is 436 g/mol. The quantitative estimate of drug-likeness (QED) is 0.687. The zero-order valence-electron chi connectivity index (χ0n) is 16.6. The summed E-state index contributed by atoms with van der Waals surface area (Å²) < 4.78 is 0. The number of fused-ring (bicyclic) bond motifs is 9. The Hall–Kier alpha value is -2.39. The van der Waals surface area contributed by atoms with E-state index in [0.717, 1.165) is 32.4 Å². The summed E-state index contributed by atoms with van der Waals surface area (Å²) in [6.07, 6.45) is 0.803. The van der Waals surface area contributed by atoms with Crippen molar-refractivity contribution in [3.8, 4) is 0 Å². The summed E-state index contributed by atoms with van der Waals surface area (Å²) in [6.45, 7) is 1.47. The van der Waals surface area contributed by atoms with Crippen LogP contribution < -0.4 is 4.87 Å². The molecule has 9 heteroatoms. The van der Waals surface area contributed by atoms with E-state index in [-0.39, 0.29) is 45.6 Å². The van der Waals surface area contributed by atoms with Gasteiger partial charge in [0.15, 0.2) is 0 Å². The van der Waals surface area contributed by atoms with Crippen LogP contribution in [0.25, 0.3) is 0 Å². The lowest BCUT2D eigenvalue weighted by atomic mass is 9.68. The van der Waals surface area contributed by atoms with Gasteiger partial charge in [-0.3, -0.25) is 24.1 Å². The highest BCUT2D eigenvalue weighted by atomic mass is 32.2. The number of aryl methyl sites for hydroxylation is 1. The molecule has 0 unspecified atom stereocenters. The third kappa shape index (κ3) is 2.59. The number of carbonyl (C=O) groups excluding carboxylic acids is 2. The Labute approximate surface area is 185 Å². The van der Waals surface area contributed by atoms with Crippen LogP contribution in [0.5, 0.6) is 0 Å². The maximum Gasteiger partial charge on any atom is 0.323 e. The standard InChI is InChI=1S/C22H20N2O5S2/c1-8-2-4-9(5-3-8)13-14-10-6-11(17(14)30-19-18(13)31-22(29)23-19)16-15(10)20(27)24(21(16)28)7-12(25)26/h2-5,10-11,13-17H,6-7H2,1H3,(H,23,29)(H,25,26)/t10-,11+,13+,14+,15+,16+,17+/m0/s1. The Bertz CT molecular complexity index is 1190. The number of thioether (sulfide) groups is 1. The van der Waals surface area contributed by atoms with Crippen LogP contribution >= 0.6 is 23.1 Å². The molecule has 0 radical (unpaired) electrons. The van der Waals surface area contributed by atoms with Gasteiger partial charge in [0.25, 0.3) is 0 Å². The molecule has 2 bridgehead atoms. The first-order valence-electron chi connectivity index (χ1n) is 10.4. The van der Waals surface area contributed by atoms with E-state index < -0.39 is 24.3 Å². The lowest BCUT2D eigenvalue weighted by molar-refractivity contribution is -0.149. The predicted molar refractivity (Wildman–Crippen MR) is 114 cm³/mol. The Balaban J connectivity index is 1.45. The van der Waals surface area contributed by atoms with Crippen LogP contribution in [0, 0.1) is 36.5 Å². The van der Waals surface area contributed by atoms with Gasteiger partial charge < -0.3 is 10.1 Å². The number of H-pyrrole nitrogens is 1. The van der Waals surface area contributed by atoms with Crippen LogP contribution in [0.4, 0.5) is 0 Å². The van der Waals surface area contributed by atoms with Crippen molar-refractivity contribution in [1.82, 2.24) is 9.88 Å². The van der Waals surface area contributed by atoms with Crippen molar-refractivity contribution in [2.45, 2.75) is 29.5 Å². The van der Waals surface area contributed by atoms with E-state index in [1.807, 2.05) is 6.92 Å². The van der Waals surface area contributed by atoms with Crippen molar-refractivity contribution in [2.24, 2.45) is 29.6 Å². The molecule has 2 amide bonds. The van der Waals surface area contributed by atoms with E-state index in [4.69, 9.17) is 0 Å². The molecule has 31 heavy (non-hydrogen) atoms. The third-order valence-electron chi connectivity index (χ3n) is 7.55. The predicted octanol–water partition coefficient (Wildman–Crippen LogP) is 2.30. The zero-order valence-corrected chi connectivity index (χ0v) is 18.2. The molecule has 2 aliphatic carbocycles. The smallest absolute Gasteiger partial charge is 0.323 e. The van der Waals surface area contributed by atoms with Gasteiger partial charge in [-0.15, -0.1) is 11.8 Å². The number of aliphatic carboxylic acids is 1. The van der Waals surface area contributed by atoms with Crippen LogP contribution in [-0.2, 0) is 14.4 Å². The van der Waals surface area contributed by atoms with Crippen LogP contribution in [0.1, 0.15) is 28.3 Å². The molecule has 6 rings (SSSR count). The molecule has 2 aliphatic heterocycles. The molecule has 2 saturated carbocycles.